The van der Waals surface area contributed by atoms with Gasteiger partial charge in [-0.05, 0) is 30.2 Å². The molecule has 0 saturated carbocycles. The molecule has 0 radical (unpaired) electrons. The zero-order valence-electron chi connectivity index (χ0n) is 12.3. The van der Waals surface area contributed by atoms with Gasteiger partial charge in [0.2, 0.25) is 0 Å². The number of benzene rings is 2. The molecule has 108 valence electrons. The normalized spacial score (nSPS) is 16.4. The predicted octanol–water partition coefficient (Wildman–Crippen LogP) is 2.98. The van der Waals surface area contributed by atoms with Gasteiger partial charge in [0.25, 0.3) is 0 Å². The zero-order valence-corrected chi connectivity index (χ0v) is 12.3. The first-order valence-corrected chi connectivity index (χ1v) is 7.82. The van der Waals surface area contributed by atoms with E-state index < -0.39 is 0 Å². The lowest BCUT2D eigenvalue weighted by Crippen LogP contribution is -2.39. The number of anilines is 3. The minimum atomic E-state index is 1.04. The minimum Gasteiger partial charge on any atom is -0.382 e. The van der Waals surface area contributed by atoms with Gasteiger partial charge in [-0.1, -0.05) is 30.3 Å². The molecule has 4 rings (SSSR count). The Morgan fingerprint density at radius 1 is 0.810 bits per heavy atom. The molecular weight excluding hydrogens is 258 g/mol. The highest BCUT2D eigenvalue weighted by molar-refractivity contribution is 5.72. The number of nitrogens with zero attached hydrogens (tertiary/aromatic N) is 2. The van der Waals surface area contributed by atoms with Crippen LogP contribution in [0.4, 0.5) is 17.1 Å². The number of para-hydroxylation sites is 3. The molecule has 0 atom stereocenters. The second-order valence-corrected chi connectivity index (χ2v) is 5.80. The maximum Gasteiger partial charge on any atom is 0.0603 e. The Hall–Kier alpha value is -2.16. The lowest BCUT2D eigenvalue weighted by Gasteiger charge is -2.33. The summed E-state index contributed by atoms with van der Waals surface area (Å²) < 4.78 is 0. The maximum atomic E-state index is 3.48. The molecule has 0 amide bonds. The van der Waals surface area contributed by atoms with Crippen molar-refractivity contribution in [2.24, 2.45) is 0 Å². The Balaban J connectivity index is 1.47. The van der Waals surface area contributed by atoms with Crippen LogP contribution < -0.4 is 15.1 Å². The van der Waals surface area contributed by atoms with E-state index in [1.807, 2.05) is 0 Å². The summed E-state index contributed by atoms with van der Waals surface area (Å²) in [6, 6.07) is 17.4. The van der Waals surface area contributed by atoms with Crippen molar-refractivity contribution < 1.29 is 0 Å². The van der Waals surface area contributed by atoms with Crippen molar-refractivity contribution in [1.82, 2.24) is 0 Å². The number of rotatable bonds is 3. The third kappa shape index (κ3) is 2.33. The summed E-state index contributed by atoms with van der Waals surface area (Å²) >= 11 is 0. The Morgan fingerprint density at radius 3 is 2.43 bits per heavy atom. The minimum absolute atomic E-state index is 1.04. The van der Waals surface area contributed by atoms with Gasteiger partial charge in [-0.2, -0.15) is 0 Å². The monoisotopic (exact) mass is 279 g/mol. The van der Waals surface area contributed by atoms with Crippen molar-refractivity contribution in [3.05, 3.63) is 54.1 Å². The van der Waals surface area contributed by atoms with Crippen LogP contribution in [0.1, 0.15) is 5.56 Å². The lowest BCUT2D eigenvalue weighted by atomic mass is 10.2. The van der Waals surface area contributed by atoms with Gasteiger partial charge in [0.15, 0.2) is 0 Å². The Labute approximate surface area is 126 Å². The van der Waals surface area contributed by atoms with Gasteiger partial charge < -0.3 is 15.1 Å². The van der Waals surface area contributed by atoms with E-state index in [4.69, 9.17) is 0 Å². The molecule has 0 bridgehead atoms. The van der Waals surface area contributed by atoms with Gasteiger partial charge in [0.05, 0.1) is 11.4 Å². The molecule has 2 aliphatic heterocycles. The summed E-state index contributed by atoms with van der Waals surface area (Å²) in [7, 11) is 0. The molecule has 2 heterocycles. The van der Waals surface area contributed by atoms with Crippen LogP contribution in [0.25, 0.3) is 0 Å². The Bertz CT molecular complexity index is 638. The van der Waals surface area contributed by atoms with Crippen molar-refractivity contribution >= 4 is 17.1 Å². The second kappa shape index (κ2) is 5.32. The van der Waals surface area contributed by atoms with Crippen molar-refractivity contribution in [3.8, 4) is 0 Å². The third-order valence-electron chi connectivity index (χ3n) is 4.57. The van der Waals surface area contributed by atoms with Crippen LogP contribution in [0, 0.1) is 0 Å². The van der Waals surface area contributed by atoms with Crippen molar-refractivity contribution in [3.63, 3.8) is 0 Å². The smallest absolute Gasteiger partial charge is 0.0603 e. The number of nitrogens with one attached hydrogen (secondary N) is 1. The highest BCUT2D eigenvalue weighted by Gasteiger charge is 2.20. The molecule has 0 unspecified atom stereocenters. The first kappa shape index (κ1) is 12.6. The fraction of sp³-hybridized carbons (Fsp3) is 0.333. The molecule has 3 heteroatoms. The van der Waals surface area contributed by atoms with E-state index in [1.54, 1.807) is 0 Å². The molecule has 3 nitrogen and oxygen atoms in total. The summed E-state index contributed by atoms with van der Waals surface area (Å²) in [5.74, 6) is 0. The maximum absolute atomic E-state index is 3.48. The first-order chi connectivity index (χ1) is 10.4. The van der Waals surface area contributed by atoms with Crippen LogP contribution in [0.2, 0.25) is 0 Å². The summed E-state index contributed by atoms with van der Waals surface area (Å²) in [5, 5.41) is 3.48. The standard InChI is InChI=1S/C18H21N3/c1-3-7-17-15(5-1)9-11-20(17)13-14-21-12-10-19-16-6-2-4-8-18(16)21/h1-8,19H,9-14H2. The lowest BCUT2D eigenvalue weighted by molar-refractivity contribution is 0.738. The topological polar surface area (TPSA) is 18.5 Å². The quantitative estimate of drug-likeness (QED) is 0.932. The van der Waals surface area contributed by atoms with Gasteiger partial charge >= 0.3 is 0 Å². The SMILES string of the molecule is c1ccc2c(c1)CCN2CCN1CCNc2ccccc21. The van der Waals surface area contributed by atoms with Gasteiger partial charge in [-0.25, -0.2) is 0 Å². The van der Waals surface area contributed by atoms with Gasteiger partial charge in [-0.15, -0.1) is 0 Å². The highest BCUT2D eigenvalue weighted by Crippen LogP contribution is 2.30. The predicted molar refractivity (Wildman–Crippen MR) is 89.5 cm³/mol. The van der Waals surface area contributed by atoms with Crippen molar-refractivity contribution in [2.45, 2.75) is 6.42 Å². The van der Waals surface area contributed by atoms with Crippen LogP contribution in [0.3, 0.4) is 0 Å². The van der Waals surface area contributed by atoms with Gasteiger partial charge in [0, 0.05) is 38.4 Å². The summed E-state index contributed by atoms with van der Waals surface area (Å²) in [6.45, 7) is 5.48. The van der Waals surface area contributed by atoms with E-state index in [0.717, 1.165) is 32.7 Å². The van der Waals surface area contributed by atoms with Crippen LogP contribution in [-0.4, -0.2) is 32.7 Å². The molecule has 0 saturated heterocycles. The average molecular weight is 279 g/mol. The summed E-state index contributed by atoms with van der Waals surface area (Å²) in [4.78, 5) is 5.03. The van der Waals surface area contributed by atoms with E-state index in [9.17, 15) is 0 Å². The molecular formula is C18H21N3. The Kier molecular flexibility index (Phi) is 3.18. The second-order valence-electron chi connectivity index (χ2n) is 5.80. The molecule has 21 heavy (non-hydrogen) atoms. The van der Waals surface area contributed by atoms with Crippen LogP contribution in [-0.2, 0) is 6.42 Å². The fourth-order valence-electron chi connectivity index (χ4n) is 3.46. The molecule has 0 aliphatic carbocycles. The van der Waals surface area contributed by atoms with E-state index in [0.29, 0.717) is 0 Å². The number of hydrogen-bond acceptors (Lipinski definition) is 3. The van der Waals surface area contributed by atoms with Crippen LogP contribution in [0.15, 0.2) is 48.5 Å². The first-order valence-electron chi connectivity index (χ1n) is 7.82. The summed E-state index contributed by atoms with van der Waals surface area (Å²) in [6.07, 6.45) is 1.19. The van der Waals surface area contributed by atoms with Crippen LogP contribution in [0.5, 0.6) is 0 Å². The fourth-order valence-corrected chi connectivity index (χ4v) is 3.46. The van der Waals surface area contributed by atoms with Crippen molar-refractivity contribution in [2.75, 3.05) is 47.8 Å². The third-order valence-corrected chi connectivity index (χ3v) is 4.57. The molecule has 0 spiro atoms. The molecule has 2 aromatic carbocycles. The molecule has 0 fully saturated rings. The highest BCUT2D eigenvalue weighted by atomic mass is 15.2. The largest absolute Gasteiger partial charge is 0.382 e. The molecule has 1 N–H and O–H groups in total. The number of hydrogen-bond donors (Lipinski definition) is 1. The van der Waals surface area contributed by atoms with Gasteiger partial charge in [-0.3, -0.25) is 0 Å². The van der Waals surface area contributed by atoms with E-state index in [1.165, 1.54) is 29.0 Å². The van der Waals surface area contributed by atoms with Crippen LogP contribution >= 0.6 is 0 Å². The molecule has 0 aromatic heterocycles. The zero-order chi connectivity index (χ0) is 14.1. The van der Waals surface area contributed by atoms with E-state index in [-0.39, 0.29) is 0 Å². The van der Waals surface area contributed by atoms with E-state index >= 15 is 0 Å². The average Bonchev–Trinajstić information content (AvgIpc) is 2.96. The van der Waals surface area contributed by atoms with Crippen molar-refractivity contribution in [1.29, 1.82) is 0 Å². The molecule has 2 aromatic rings. The Morgan fingerprint density at radius 2 is 1.52 bits per heavy atom. The number of fused-ring (bicyclic) bond motifs is 2. The van der Waals surface area contributed by atoms with Gasteiger partial charge in [0.1, 0.15) is 0 Å². The van der Waals surface area contributed by atoms with E-state index in [2.05, 4.69) is 63.6 Å². The molecule has 2 aliphatic rings. The summed E-state index contributed by atoms with van der Waals surface area (Å²) in [5.41, 5.74) is 5.54.